The van der Waals surface area contributed by atoms with Gasteiger partial charge in [-0.2, -0.15) is 5.10 Å². The highest BCUT2D eigenvalue weighted by molar-refractivity contribution is 5.86. The second kappa shape index (κ2) is 8.23. The number of nitrogens with one attached hydrogen (secondary N) is 1. The Morgan fingerprint density at radius 3 is 3.03 bits per heavy atom. The zero-order chi connectivity index (χ0) is 20.3. The zero-order valence-corrected chi connectivity index (χ0v) is 16.5. The molecule has 7 nitrogen and oxygen atoms in total. The summed E-state index contributed by atoms with van der Waals surface area (Å²) >= 11 is 0. The molecule has 1 aliphatic rings. The lowest BCUT2D eigenvalue weighted by Crippen LogP contribution is -2.57. The van der Waals surface area contributed by atoms with Crippen LogP contribution in [0.4, 0.5) is 0 Å². The maximum Gasteiger partial charge on any atom is 0.256 e. The fraction of sp³-hybridized carbons (Fsp3) is 0.364. The first-order valence-corrected chi connectivity index (χ1v) is 9.86. The van der Waals surface area contributed by atoms with E-state index in [0.29, 0.717) is 26.1 Å². The van der Waals surface area contributed by atoms with Crippen LogP contribution in [0.15, 0.2) is 54.9 Å². The van der Waals surface area contributed by atoms with Gasteiger partial charge in [0.15, 0.2) is 5.60 Å². The van der Waals surface area contributed by atoms with Crippen LogP contribution in [0.5, 0.6) is 5.75 Å². The Morgan fingerprint density at radius 2 is 2.17 bits per heavy atom. The third-order valence-electron chi connectivity index (χ3n) is 5.45. The Morgan fingerprint density at radius 1 is 1.28 bits per heavy atom. The molecular weight excluding hydrogens is 368 g/mol. The number of nitrogens with zero attached hydrogens (tertiary/aromatic N) is 3. The first kappa shape index (κ1) is 19.4. The standard InChI is InChI=1S/C22H26N4O3/c1-29-19-7-4-6-17(12-19)15-25-10-5-9-22(28,21(25)27)16-23-13-18-14-24-26-11-3-2-8-20(18)26/h2-4,6-8,11-12,14,23,28H,5,9-10,13,15-16H2,1H3/t22-/m0/s1. The number of carbonyl (C=O) groups is 1. The third-order valence-corrected chi connectivity index (χ3v) is 5.45. The van der Waals surface area contributed by atoms with E-state index >= 15 is 0 Å². The SMILES string of the molecule is COc1cccc(CN2CCC[C@](O)(CNCc3cnn4ccccc34)C2=O)c1. The van der Waals surface area contributed by atoms with E-state index in [0.717, 1.165) is 28.8 Å². The van der Waals surface area contributed by atoms with E-state index in [4.69, 9.17) is 4.74 Å². The van der Waals surface area contributed by atoms with Crippen molar-refractivity contribution in [3.05, 3.63) is 66.0 Å². The summed E-state index contributed by atoms with van der Waals surface area (Å²) in [6.07, 6.45) is 4.93. The van der Waals surface area contributed by atoms with Crippen LogP contribution < -0.4 is 10.1 Å². The Balaban J connectivity index is 1.39. The molecule has 0 saturated carbocycles. The van der Waals surface area contributed by atoms with Gasteiger partial charge in [-0.05, 0) is 42.7 Å². The van der Waals surface area contributed by atoms with Gasteiger partial charge in [-0.1, -0.05) is 18.2 Å². The minimum atomic E-state index is -1.39. The van der Waals surface area contributed by atoms with E-state index in [9.17, 15) is 9.90 Å². The Labute approximate surface area is 169 Å². The topological polar surface area (TPSA) is 79.1 Å². The number of pyridine rings is 1. The highest BCUT2D eigenvalue weighted by atomic mass is 16.5. The summed E-state index contributed by atoms with van der Waals surface area (Å²) < 4.78 is 7.07. The number of amides is 1. The average molecular weight is 394 g/mol. The molecule has 2 N–H and O–H groups in total. The molecule has 4 rings (SSSR count). The molecule has 3 heterocycles. The van der Waals surface area contributed by atoms with E-state index in [2.05, 4.69) is 10.4 Å². The highest BCUT2D eigenvalue weighted by Crippen LogP contribution is 2.25. The van der Waals surface area contributed by atoms with Crippen molar-refractivity contribution in [2.24, 2.45) is 0 Å². The van der Waals surface area contributed by atoms with Crippen LogP contribution in [0.2, 0.25) is 0 Å². The van der Waals surface area contributed by atoms with Crippen molar-refractivity contribution in [3.63, 3.8) is 0 Å². The van der Waals surface area contributed by atoms with Gasteiger partial charge in [0.05, 0.1) is 18.8 Å². The summed E-state index contributed by atoms with van der Waals surface area (Å²) in [5, 5.41) is 18.6. The maximum atomic E-state index is 13.0. The van der Waals surface area contributed by atoms with E-state index in [-0.39, 0.29) is 12.5 Å². The first-order valence-electron chi connectivity index (χ1n) is 9.86. The minimum absolute atomic E-state index is 0.213. The summed E-state index contributed by atoms with van der Waals surface area (Å²) in [6, 6.07) is 13.6. The monoisotopic (exact) mass is 394 g/mol. The third kappa shape index (κ3) is 4.11. The number of piperidine rings is 1. The number of hydrogen-bond acceptors (Lipinski definition) is 5. The van der Waals surface area contributed by atoms with Gasteiger partial charge in [-0.25, -0.2) is 4.52 Å². The number of likely N-dealkylation sites (tertiary alicyclic amines) is 1. The number of aromatic nitrogens is 2. The van der Waals surface area contributed by atoms with Crippen molar-refractivity contribution >= 4 is 11.4 Å². The molecule has 2 aromatic heterocycles. The lowest BCUT2D eigenvalue weighted by atomic mass is 9.91. The summed E-state index contributed by atoms with van der Waals surface area (Å²) in [7, 11) is 1.62. The van der Waals surface area contributed by atoms with Crippen molar-refractivity contribution < 1.29 is 14.6 Å². The zero-order valence-electron chi connectivity index (χ0n) is 16.5. The van der Waals surface area contributed by atoms with Crippen LogP contribution in [0.1, 0.15) is 24.0 Å². The van der Waals surface area contributed by atoms with Crippen LogP contribution in [0.3, 0.4) is 0 Å². The molecule has 1 aliphatic heterocycles. The number of fused-ring (bicyclic) bond motifs is 1. The fourth-order valence-corrected chi connectivity index (χ4v) is 3.90. The Kier molecular flexibility index (Phi) is 5.51. The summed E-state index contributed by atoms with van der Waals surface area (Å²) in [6.45, 7) is 1.86. The lowest BCUT2D eigenvalue weighted by Gasteiger charge is -2.38. The van der Waals surface area contributed by atoms with Crippen molar-refractivity contribution in [2.75, 3.05) is 20.2 Å². The van der Waals surface area contributed by atoms with Crippen LogP contribution in [-0.2, 0) is 17.9 Å². The molecule has 7 heteroatoms. The molecule has 152 valence electrons. The van der Waals surface area contributed by atoms with Gasteiger partial charge in [0.25, 0.3) is 5.91 Å². The predicted molar refractivity (Wildman–Crippen MR) is 109 cm³/mol. The summed E-state index contributed by atoms with van der Waals surface area (Å²) in [4.78, 5) is 14.7. The molecule has 1 aromatic carbocycles. The summed E-state index contributed by atoms with van der Waals surface area (Å²) in [5.41, 5.74) is 1.65. The largest absolute Gasteiger partial charge is 0.497 e. The van der Waals surface area contributed by atoms with Crippen LogP contribution >= 0.6 is 0 Å². The lowest BCUT2D eigenvalue weighted by molar-refractivity contribution is -0.157. The molecule has 1 saturated heterocycles. The fourth-order valence-electron chi connectivity index (χ4n) is 3.90. The van der Waals surface area contributed by atoms with E-state index in [1.807, 2.05) is 59.4 Å². The summed E-state index contributed by atoms with van der Waals surface area (Å²) in [5.74, 6) is 0.538. The van der Waals surface area contributed by atoms with Crippen LogP contribution in [0, 0.1) is 0 Å². The van der Waals surface area contributed by atoms with Gasteiger partial charge < -0.3 is 20.1 Å². The highest BCUT2D eigenvalue weighted by Gasteiger charge is 2.41. The first-order chi connectivity index (χ1) is 14.1. The predicted octanol–water partition coefficient (Wildman–Crippen LogP) is 1.99. The van der Waals surface area contributed by atoms with E-state index < -0.39 is 5.60 Å². The number of ether oxygens (including phenoxy) is 1. The molecule has 29 heavy (non-hydrogen) atoms. The molecular formula is C22H26N4O3. The number of carbonyl (C=O) groups excluding carboxylic acids is 1. The van der Waals surface area contributed by atoms with Crippen molar-refractivity contribution in [2.45, 2.75) is 31.5 Å². The number of benzene rings is 1. The second-order valence-electron chi connectivity index (χ2n) is 7.52. The van der Waals surface area contributed by atoms with Gasteiger partial charge in [0.2, 0.25) is 0 Å². The molecule has 0 unspecified atom stereocenters. The van der Waals surface area contributed by atoms with Crippen LogP contribution in [0.25, 0.3) is 5.52 Å². The number of hydrogen-bond donors (Lipinski definition) is 2. The molecule has 1 atom stereocenters. The molecule has 0 bridgehead atoms. The van der Waals surface area contributed by atoms with E-state index in [1.165, 1.54) is 0 Å². The number of methoxy groups -OCH3 is 1. The molecule has 0 spiro atoms. The van der Waals surface area contributed by atoms with Gasteiger partial charge in [0.1, 0.15) is 5.75 Å². The smallest absolute Gasteiger partial charge is 0.256 e. The van der Waals surface area contributed by atoms with Crippen molar-refractivity contribution in [1.29, 1.82) is 0 Å². The van der Waals surface area contributed by atoms with Crippen LogP contribution in [-0.4, -0.2) is 51.3 Å². The average Bonchev–Trinajstić information content (AvgIpc) is 3.15. The van der Waals surface area contributed by atoms with Gasteiger partial charge in [-0.15, -0.1) is 0 Å². The molecule has 1 amide bonds. The normalized spacial score (nSPS) is 19.7. The van der Waals surface area contributed by atoms with Crippen molar-refractivity contribution in [1.82, 2.24) is 19.8 Å². The number of aliphatic hydroxyl groups is 1. The molecule has 3 aromatic rings. The quantitative estimate of drug-likeness (QED) is 0.641. The second-order valence-corrected chi connectivity index (χ2v) is 7.52. The maximum absolute atomic E-state index is 13.0. The van der Waals surface area contributed by atoms with Gasteiger partial charge in [-0.3, -0.25) is 4.79 Å². The molecule has 0 radical (unpaired) electrons. The van der Waals surface area contributed by atoms with Gasteiger partial charge >= 0.3 is 0 Å². The molecule has 0 aliphatic carbocycles. The van der Waals surface area contributed by atoms with Gasteiger partial charge in [0, 0.05) is 37.9 Å². The Hall–Kier alpha value is -2.90. The minimum Gasteiger partial charge on any atom is -0.497 e. The van der Waals surface area contributed by atoms with Crippen molar-refractivity contribution in [3.8, 4) is 5.75 Å². The van der Waals surface area contributed by atoms with E-state index in [1.54, 1.807) is 12.0 Å². The number of rotatable bonds is 7. The molecule has 1 fully saturated rings. The Bertz CT molecular complexity index is 1000.